The van der Waals surface area contributed by atoms with Gasteiger partial charge in [-0.3, -0.25) is 4.79 Å². The average molecular weight is 375 g/mol. The molecule has 8 heteroatoms. The Balaban J connectivity index is 2.01. The van der Waals surface area contributed by atoms with Gasteiger partial charge in [-0.1, -0.05) is 0 Å². The largest absolute Gasteiger partial charge is 0.493 e. The topological polar surface area (TPSA) is 106 Å². The molecule has 0 radical (unpaired) electrons. The van der Waals surface area contributed by atoms with Crippen LogP contribution < -0.4 is 15.1 Å². The fraction of sp³-hybridized carbons (Fsp3) is 0.421. The number of carbonyl (C=O) groups excluding carboxylic acids is 1. The first-order valence-corrected chi connectivity index (χ1v) is 8.58. The molecule has 1 aromatic carbocycles. The summed E-state index contributed by atoms with van der Waals surface area (Å²) in [7, 11) is 2.98. The zero-order valence-electron chi connectivity index (χ0n) is 15.4. The van der Waals surface area contributed by atoms with Crippen LogP contribution in [-0.2, 0) is 16.0 Å². The number of ether oxygens (including phenoxy) is 2. The zero-order valence-corrected chi connectivity index (χ0v) is 15.4. The van der Waals surface area contributed by atoms with Gasteiger partial charge >= 0.3 is 11.6 Å². The average Bonchev–Trinajstić information content (AvgIpc) is 3.14. The molecule has 0 aliphatic carbocycles. The van der Waals surface area contributed by atoms with E-state index < -0.39 is 23.5 Å². The lowest BCUT2D eigenvalue weighted by Crippen LogP contribution is -2.41. The maximum atomic E-state index is 12.6. The first kappa shape index (κ1) is 18.8. The summed E-state index contributed by atoms with van der Waals surface area (Å²) in [5.74, 6) is -0.516. The van der Waals surface area contributed by atoms with Crippen LogP contribution in [0.4, 0.5) is 0 Å². The molecule has 1 aromatic heterocycles. The second-order valence-electron chi connectivity index (χ2n) is 6.46. The Bertz CT molecular complexity index is 963. The third-order valence-electron chi connectivity index (χ3n) is 4.98. The number of fused-ring (bicyclic) bond motifs is 1. The standard InChI is InChI=1S/C19H21NO7/c1-10-11-7-15(25-2)16(26-3)9-14(11)27-19(24)12(10)8-17(21)20-6-4-5-13(20)18(22)23/h7,9,13H,4-6,8H2,1-3H3,(H,22,23). The minimum atomic E-state index is -1.03. The van der Waals surface area contributed by atoms with Crippen LogP contribution in [0.2, 0.25) is 0 Å². The summed E-state index contributed by atoms with van der Waals surface area (Å²) in [6.45, 7) is 2.10. The Labute approximate surface area is 155 Å². The molecule has 3 rings (SSSR count). The number of amides is 1. The molecule has 1 amide bonds. The number of methoxy groups -OCH3 is 2. The van der Waals surface area contributed by atoms with E-state index >= 15 is 0 Å². The van der Waals surface area contributed by atoms with Crippen molar-refractivity contribution in [3.63, 3.8) is 0 Å². The number of nitrogens with zero attached hydrogens (tertiary/aromatic N) is 1. The van der Waals surface area contributed by atoms with Crippen LogP contribution in [0.15, 0.2) is 21.3 Å². The van der Waals surface area contributed by atoms with Crippen LogP contribution in [0.5, 0.6) is 11.5 Å². The van der Waals surface area contributed by atoms with E-state index in [1.54, 1.807) is 19.1 Å². The monoisotopic (exact) mass is 375 g/mol. The number of aryl methyl sites for hydroxylation is 1. The van der Waals surface area contributed by atoms with Gasteiger partial charge in [-0.2, -0.15) is 0 Å². The lowest BCUT2D eigenvalue weighted by molar-refractivity contribution is -0.148. The molecule has 2 aromatic rings. The summed E-state index contributed by atoms with van der Waals surface area (Å²) in [6.07, 6.45) is 0.844. The van der Waals surface area contributed by atoms with Crippen molar-refractivity contribution in [1.82, 2.24) is 4.90 Å². The Kier molecular flexibility index (Phi) is 5.07. The van der Waals surface area contributed by atoms with Gasteiger partial charge in [0.2, 0.25) is 5.91 Å². The molecule has 27 heavy (non-hydrogen) atoms. The van der Waals surface area contributed by atoms with Crippen LogP contribution >= 0.6 is 0 Å². The Morgan fingerprint density at radius 3 is 2.56 bits per heavy atom. The molecule has 1 fully saturated rings. The fourth-order valence-electron chi connectivity index (χ4n) is 3.49. The minimum absolute atomic E-state index is 0.206. The molecular formula is C19H21NO7. The number of carbonyl (C=O) groups is 2. The van der Waals surface area contributed by atoms with Crippen LogP contribution in [-0.4, -0.2) is 48.7 Å². The van der Waals surface area contributed by atoms with E-state index in [4.69, 9.17) is 13.9 Å². The van der Waals surface area contributed by atoms with Crippen LogP contribution in [0.3, 0.4) is 0 Å². The van der Waals surface area contributed by atoms with E-state index in [1.165, 1.54) is 19.1 Å². The summed E-state index contributed by atoms with van der Waals surface area (Å²) in [6, 6.07) is 2.42. The van der Waals surface area contributed by atoms with Crippen molar-refractivity contribution < 1.29 is 28.6 Å². The highest BCUT2D eigenvalue weighted by Crippen LogP contribution is 2.33. The summed E-state index contributed by atoms with van der Waals surface area (Å²) in [5.41, 5.74) is 0.528. The molecule has 0 saturated carbocycles. The normalized spacial score (nSPS) is 16.6. The predicted molar refractivity (Wildman–Crippen MR) is 96.4 cm³/mol. The van der Waals surface area contributed by atoms with E-state index in [0.29, 0.717) is 47.4 Å². The maximum absolute atomic E-state index is 12.6. The van der Waals surface area contributed by atoms with E-state index in [1.807, 2.05) is 0 Å². The molecule has 8 nitrogen and oxygen atoms in total. The smallest absolute Gasteiger partial charge is 0.340 e. The molecule has 2 heterocycles. The third-order valence-corrected chi connectivity index (χ3v) is 4.98. The number of aliphatic carboxylic acids is 1. The van der Waals surface area contributed by atoms with Gasteiger partial charge in [0.15, 0.2) is 11.5 Å². The van der Waals surface area contributed by atoms with Crippen LogP contribution in [0, 0.1) is 6.92 Å². The molecule has 1 atom stereocenters. The molecule has 1 aliphatic heterocycles. The van der Waals surface area contributed by atoms with Gasteiger partial charge in [0.1, 0.15) is 11.6 Å². The van der Waals surface area contributed by atoms with Crippen molar-refractivity contribution in [2.24, 2.45) is 0 Å². The van der Waals surface area contributed by atoms with Crippen molar-refractivity contribution in [1.29, 1.82) is 0 Å². The molecule has 1 saturated heterocycles. The maximum Gasteiger partial charge on any atom is 0.340 e. The molecule has 1 unspecified atom stereocenters. The fourth-order valence-corrected chi connectivity index (χ4v) is 3.49. The lowest BCUT2D eigenvalue weighted by atomic mass is 10.0. The van der Waals surface area contributed by atoms with Crippen molar-refractivity contribution in [3.05, 3.63) is 33.7 Å². The van der Waals surface area contributed by atoms with E-state index in [2.05, 4.69) is 0 Å². The van der Waals surface area contributed by atoms with Crippen molar-refractivity contribution in [3.8, 4) is 11.5 Å². The second-order valence-corrected chi connectivity index (χ2v) is 6.46. The number of carboxylic acid groups (broad SMARTS) is 1. The van der Waals surface area contributed by atoms with Gasteiger partial charge in [-0.25, -0.2) is 9.59 Å². The Morgan fingerprint density at radius 2 is 1.93 bits per heavy atom. The van der Waals surface area contributed by atoms with Gasteiger partial charge in [-0.15, -0.1) is 0 Å². The summed E-state index contributed by atoms with van der Waals surface area (Å²) >= 11 is 0. The molecule has 0 bridgehead atoms. The van der Waals surface area contributed by atoms with Crippen molar-refractivity contribution in [2.75, 3.05) is 20.8 Å². The van der Waals surface area contributed by atoms with Gasteiger partial charge in [0, 0.05) is 18.0 Å². The Morgan fingerprint density at radius 1 is 1.26 bits per heavy atom. The highest BCUT2D eigenvalue weighted by molar-refractivity contribution is 5.88. The second kappa shape index (κ2) is 7.30. The highest BCUT2D eigenvalue weighted by Gasteiger charge is 2.34. The Hall–Kier alpha value is -3.03. The highest BCUT2D eigenvalue weighted by atomic mass is 16.5. The van der Waals surface area contributed by atoms with Crippen molar-refractivity contribution in [2.45, 2.75) is 32.2 Å². The zero-order chi connectivity index (χ0) is 19.7. The lowest BCUT2D eigenvalue weighted by Gasteiger charge is -2.21. The van der Waals surface area contributed by atoms with Crippen LogP contribution in [0.25, 0.3) is 11.0 Å². The number of hydrogen-bond acceptors (Lipinski definition) is 6. The first-order chi connectivity index (χ1) is 12.9. The predicted octanol–water partition coefficient (Wildman–Crippen LogP) is 1.74. The van der Waals surface area contributed by atoms with Gasteiger partial charge in [0.05, 0.1) is 26.2 Å². The SMILES string of the molecule is COc1cc2oc(=O)c(CC(=O)N3CCCC3C(=O)O)c(C)c2cc1OC. The van der Waals surface area contributed by atoms with Gasteiger partial charge in [-0.05, 0) is 31.4 Å². The molecular weight excluding hydrogens is 354 g/mol. The number of benzene rings is 1. The number of likely N-dealkylation sites (tertiary alicyclic amines) is 1. The first-order valence-electron chi connectivity index (χ1n) is 8.58. The minimum Gasteiger partial charge on any atom is -0.493 e. The summed E-state index contributed by atoms with van der Waals surface area (Å²) in [5, 5.41) is 9.89. The summed E-state index contributed by atoms with van der Waals surface area (Å²) in [4.78, 5) is 37.7. The number of carboxylic acids is 1. The van der Waals surface area contributed by atoms with Crippen LogP contribution in [0.1, 0.15) is 24.0 Å². The number of rotatable bonds is 5. The third kappa shape index (κ3) is 3.34. The number of hydrogen-bond donors (Lipinski definition) is 1. The van der Waals surface area contributed by atoms with E-state index in [9.17, 15) is 19.5 Å². The van der Waals surface area contributed by atoms with Gasteiger partial charge < -0.3 is 23.9 Å². The van der Waals surface area contributed by atoms with Gasteiger partial charge in [0.25, 0.3) is 0 Å². The molecule has 0 spiro atoms. The molecule has 1 N–H and O–H groups in total. The molecule has 144 valence electrons. The quantitative estimate of drug-likeness (QED) is 0.793. The van der Waals surface area contributed by atoms with E-state index in [-0.39, 0.29) is 12.0 Å². The van der Waals surface area contributed by atoms with Crippen molar-refractivity contribution >= 4 is 22.8 Å². The van der Waals surface area contributed by atoms with E-state index in [0.717, 1.165) is 0 Å². The molecule has 1 aliphatic rings. The summed E-state index contributed by atoms with van der Waals surface area (Å²) < 4.78 is 15.9.